The van der Waals surface area contributed by atoms with Crippen LogP contribution in [-0.4, -0.2) is 35.3 Å². The molecular weight excluding hydrogens is 220 g/mol. The molecule has 0 radical (unpaired) electrons. The van der Waals surface area contributed by atoms with E-state index in [9.17, 15) is 4.79 Å². The highest BCUT2D eigenvalue weighted by Gasteiger charge is 2.05. The molecule has 1 rings (SSSR count). The van der Waals surface area contributed by atoms with Crippen molar-refractivity contribution in [3.63, 3.8) is 0 Å². The normalized spacial score (nSPS) is 11.9. The number of hydrogen-bond acceptors (Lipinski definition) is 4. The summed E-state index contributed by atoms with van der Waals surface area (Å²) in [4.78, 5) is 15.3. The predicted molar refractivity (Wildman–Crippen MR) is 63.7 cm³/mol. The highest BCUT2D eigenvalue weighted by molar-refractivity contribution is 5.76. The molecule has 1 atom stereocenters. The summed E-state index contributed by atoms with van der Waals surface area (Å²) in [5, 5.41) is 11.4. The Morgan fingerprint density at radius 1 is 1.65 bits per heavy atom. The van der Waals surface area contributed by atoms with Gasteiger partial charge in [-0.3, -0.25) is 9.78 Å². The average molecular weight is 238 g/mol. The number of rotatable bonds is 7. The molecular formula is C12H18N2O3. The van der Waals surface area contributed by atoms with Gasteiger partial charge >= 0.3 is 0 Å². The van der Waals surface area contributed by atoms with Crippen molar-refractivity contribution < 1.29 is 14.6 Å². The van der Waals surface area contributed by atoms with Crippen LogP contribution in [0.3, 0.4) is 0 Å². The SMILES string of the molecule is CC(CO)NC(=O)CCCOc1cccnc1. The second-order valence-corrected chi connectivity index (χ2v) is 3.79. The van der Waals surface area contributed by atoms with Crippen LogP contribution in [0.25, 0.3) is 0 Å². The molecule has 0 saturated carbocycles. The minimum atomic E-state index is -0.193. The maximum absolute atomic E-state index is 11.3. The molecule has 0 saturated heterocycles. The number of hydrogen-bond donors (Lipinski definition) is 2. The Balaban J connectivity index is 2.10. The monoisotopic (exact) mass is 238 g/mol. The molecule has 0 bridgehead atoms. The van der Waals surface area contributed by atoms with Crippen molar-refractivity contribution >= 4 is 5.91 Å². The van der Waals surface area contributed by atoms with Gasteiger partial charge in [-0.1, -0.05) is 0 Å². The van der Waals surface area contributed by atoms with Gasteiger partial charge in [0.15, 0.2) is 0 Å². The lowest BCUT2D eigenvalue weighted by Crippen LogP contribution is -2.34. The molecule has 0 aliphatic carbocycles. The van der Waals surface area contributed by atoms with Crippen LogP contribution in [-0.2, 0) is 4.79 Å². The van der Waals surface area contributed by atoms with E-state index in [-0.39, 0.29) is 18.6 Å². The number of ether oxygens (including phenoxy) is 1. The zero-order valence-electron chi connectivity index (χ0n) is 9.93. The van der Waals surface area contributed by atoms with Gasteiger partial charge in [0.25, 0.3) is 0 Å². The van der Waals surface area contributed by atoms with Gasteiger partial charge in [-0.25, -0.2) is 0 Å². The van der Waals surface area contributed by atoms with Crippen LogP contribution < -0.4 is 10.1 Å². The fraction of sp³-hybridized carbons (Fsp3) is 0.500. The van der Waals surface area contributed by atoms with Crippen molar-refractivity contribution in [2.75, 3.05) is 13.2 Å². The van der Waals surface area contributed by atoms with E-state index < -0.39 is 0 Å². The summed E-state index contributed by atoms with van der Waals surface area (Å²) in [6, 6.07) is 3.42. The second-order valence-electron chi connectivity index (χ2n) is 3.79. The molecule has 5 nitrogen and oxygen atoms in total. The Bertz CT molecular complexity index is 330. The number of pyridine rings is 1. The molecule has 2 N–H and O–H groups in total. The van der Waals surface area contributed by atoms with E-state index in [2.05, 4.69) is 10.3 Å². The summed E-state index contributed by atoms with van der Waals surface area (Å²) in [6.45, 7) is 2.19. The molecule has 1 aromatic heterocycles. The molecule has 1 heterocycles. The highest BCUT2D eigenvalue weighted by atomic mass is 16.5. The maximum atomic E-state index is 11.3. The number of carbonyl (C=O) groups is 1. The third kappa shape index (κ3) is 5.87. The quantitative estimate of drug-likeness (QED) is 0.687. The fourth-order valence-electron chi connectivity index (χ4n) is 1.25. The first kappa shape index (κ1) is 13.4. The molecule has 0 aliphatic heterocycles. The number of carbonyl (C=O) groups excluding carboxylic acids is 1. The number of aliphatic hydroxyl groups excluding tert-OH is 1. The van der Waals surface area contributed by atoms with Gasteiger partial charge < -0.3 is 15.2 Å². The van der Waals surface area contributed by atoms with Crippen LogP contribution in [0.15, 0.2) is 24.5 Å². The standard InChI is InChI=1S/C12H18N2O3/c1-10(9-15)14-12(16)5-3-7-17-11-4-2-6-13-8-11/h2,4,6,8,10,15H,3,5,7,9H2,1H3,(H,14,16). The molecule has 0 aliphatic rings. The minimum absolute atomic E-state index is 0.0437. The Labute approximate surface area is 101 Å². The third-order valence-electron chi connectivity index (χ3n) is 2.13. The number of aliphatic hydroxyl groups is 1. The Morgan fingerprint density at radius 3 is 3.12 bits per heavy atom. The van der Waals surface area contributed by atoms with Crippen LogP contribution in [0, 0.1) is 0 Å². The summed E-state index contributed by atoms with van der Waals surface area (Å²) in [5.74, 6) is 0.637. The van der Waals surface area contributed by atoms with Gasteiger partial charge in [-0.15, -0.1) is 0 Å². The topological polar surface area (TPSA) is 71.5 Å². The lowest BCUT2D eigenvalue weighted by Gasteiger charge is -2.10. The van der Waals surface area contributed by atoms with Crippen molar-refractivity contribution in [1.29, 1.82) is 0 Å². The second kappa shape index (κ2) is 7.62. The molecule has 1 aromatic rings. The van der Waals surface area contributed by atoms with Crippen LogP contribution in [0.2, 0.25) is 0 Å². The fourth-order valence-corrected chi connectivity index (χ4v) is 1.25. The largest absolute Gasteiger partial charge is 0.492 e. The number of nitrogens with one attached hydrogen (secondary N) is 1. The first-order valence-electron chi connectivity index (χ1n) is 5.65. The van der Waals surface area contributed by atoms with E-state index in [4.69, 9.17) is 9.84 Å². The van der Waals surface area contributed by atoms with Crippen molar-refractivity contribution in [3.8, 4) is 5.75 Å². The third-order valence-corrected chi connectivity index (χ3v) is 2.13. The smallest absolute Gasteiger partial charge is 0.220 e. The average Bonchev–Trinajstić information content (AvgIpc) is 2.36. The summed E-state index contributed by atoms with van der Waals surface area (Å²) in [6.07, 6.45) is 4.34. The molecule has 1 amide bonds. The molecule has 0 spiro atoms. The van der Waals surface area contributed by atoms with E-state index in [1.807, 2.05) is 6.07 Å². The summed E-state index contributed by atoms with van der Waals surface area (Å²) >= 11 is 0. The first-order chi connectivity index (χ1) is 8.22. The highest BCUT2D eigenvalue weighted by Crippen LogP contribution is 2.06. The summed E-state index contributed by atoms with van der Waals surface area (Å²) < 4.78 is 5.40. The zero-order valence-corrected chi connectivity index (χ0v) is 9.93. The van der Waals surface area contributed by atoms with Crippen LogP contribution in [0.1, 0.15) is 19.8 Å². The van der Waals surface area contributed by atoms with E-state index >= 15 is 0 Å². The van der Waals surface area contributed by atoms with Gasteiger partial charge in [-0.05, 0) is 25.5 Å². The Hall–Kier alpha value is -1.62. The van der Waals surface area contributed by atoms with Gasteiger partial charge in [0.05, 0.1) is 19.4 Å². The number of nitrogens with zero attached hydrogens (tertiary/aromatic N) is 1. The minimum Gasteiger partial charge on any atom is -0.492 e. The van der Waals surface area contributed by atoms with Gasteiger partial charge in [0.1, 0.15) is 5.75 Å². The van der Waals surface area contributed by atoms with Crippen LogP contribution in [0.5, 0.6) is 5.75 Å². The molecule has 5 heteroatoms. The number of aromatic nitrogens is 1. The lowest BCUT2D eigenvalue weighted by molar-refractivity contribution is -0.122. The molecule has 94 valence electrons. The van der Waals surface area contributed by atoms with Crippen molar-refractivity contribution in [1.82, 2.24) is 10.3 Å². The zero-order chi connectivity index (χ0) is 12.5. The molecule has 17 heavy (non-hydrogen) atoms. The number of amides is 1. The van der Waals surface area contributed by atoms with Gasteiger partial charge in [0.2, 0.25) is 5.91 Å². The van der Waals surface area contributed by atoms with Crippen molar-refractivity contribution in [3.05, 3.63) is 24.5 Å². The van der Waals surface area contributed by atoms with Crippen LogP contribution in [0.4, 0.5) is 0 Å². The van der Waals surface area contributed by atoms with Crippen molar-refractivity contribution in [2.24, 2.45) is 0 Å². The van der Waals surface area contributed by atoms with Crippen molar-refractivity contribution in [2.45, 2.75) is 25.8 Å². The van der Waals surface area contributed by atoms with Gasteiger partial charge in [-0.2, -0.15) is 0 Å². The molecule has 1 unspecified atom stereocenters. The predicted octanol–water partition coefficient (Wildman–Crippen LogP) is 0.738. The van der Waals surface area contributed by atoms with E-state index in [0.717, 1.165) is 0 Å². The molecule has 0 fully saturated rings. The van der Waals surface area contributed by atoms with E-state index in [0.29, 0.717) is 25.2 Å². The maximum Gasteiger partial charge on any atom is 0.220 e. The lowest BCUT2D eigenvalue weighted by atomic mass is 10.3. The Morgan fingerprint density at radius 2 is 2.47 bits per heavy atom. The summed E-state index contributed by atoms with van der Waals surface area (Å²) in [5.41, 5.74) is 0. The van der Waals surface area contributed by atoms with E-state index in [1.54, 1.807) is 25.4 Å². The Kier molecular flexibility index (Phi) is 6.03. The first-order valence-corrected chi connectivity index (χ1v) is 5.65. The summed E-state index contributed by atoms with van der Waals surface area (Å²) in [7, 11) is 0. The molecule has 0 aromatic carbocycles. The van der Waals surface area contributed by atoms with Crippen LogP contribution >= 0.6 is 0 Å². The van der Waals surface area contributed by atoms with E-state index in [1.165, 1.54) is 0 Å². The van der Waals surface area contributed by atoms with Gasteiger partial charge in [0, 0.05) is 18.7 Å².